The van der Waals surface area contributed by atoms with Crippen molar-refractivity contribution in [3.8, 4) is 0 Å². The van der Waals surface area contributed by atoms with Crippen LogP contribution in [-0.2, 0) is 9.59 Å². The van der Waals surface area contributed by atoms with E-state index in [1.807, 2.05) is 18.7 Å². The van der Waals surface area contributed by atoms with Gasteiger partial charge < -0.3 is 20.6 Å². The Morgan fingerprint density at radius 1 is 1.30 bits per heavy atom. The maximum atomic E-state index is 12.1. The summed E-state index contributed by atoms with van der Waals surface area (Å²) >= 11 is 1.88. The summed E-state index contributed by atoms with van der Waals surface area (Å²) < 4.78 is 0. The lowest BCUT2D eigenvalue weighted by molar-refractivity contribution is -0.138. The van der Waals surface area contributed by atoms with Crippen molar-refractivity contribution in [3.05, 3.63) is 0 Å². The molecule has 2 heterocycles. The maximum absolute atomic E-state index is 12.1. The van der Waals surface area contributed by atoms with Crippen molar-refractivity contribution in [1.82, 2.24) is 15.5 Å². The Labute approximate surface area is 140 Å². The molecule has 2 aliphatic heterocycles. The zero-order chi connectivity index (χ0) is 16.8. The van der Waals surface area contributed by atoms with E-state index in [-0.39, 0.29) is 37.0 Å². The number of thioether (sulfide) groups is 1. The minimum Gasteiger partial charge on any atom is -0.481 e. The number of unbranched alkanes of at least 4 members (excludes halogenated alkanes) is 1. The van der Waals surface area contributed by atoms with Gasteiger partial charge in [-0.2, -0.15) is 11.8 Å². The van der Waals surface area contributed by atoms with Gasteiger partial charge in [0.2, 0.25) is 5.91 Å². The van der Waals surface area contributed by atoms with Crippen LogP contribution in [-0.4, -0.2) is 64.1 Å². The molecule has 7 nitrogen and oxygen atoms in total. The molecule has 2 rings (SSSR count). The molecule has 0 aromatic heterocycles. The lowest BCUT2D eigenvalue weighted by Gasteiger charge is -2.20. The fraction of sp³-hybridized carbons (Fsp3) is 0.800. The van der Waals surface area contributed by atoms with Crippen molar-refractivity contribution in [2.24, 2.45) is 0 Å². The summed E-state index contributed by atoms with van der Waals surface area (Å²) in [7, 11) is 0. The third kappa shape index (κ3) is 5.02. The highest BCUT2D eigenvalue weighted by atomic mass is 32.2. The Bertz CT molecular complexity index is 460. The van der Waals surface area contributed by atoms with Crippen LogP contribution in [0.4, 0.5) is 4.79 Å². The second-order valence-corrected chi connectivity index (χ2v) is 7.26. The van der Waals surface area contributed by atoms with E-state index in [2.05, 4.69) is 10.6 Å². The maximum Gasteiger partial charge on any atom is 0.315 e. The number of hydrogen-bond donors (Lipinski definition) is 3. The first-order chi connectivity index (χ1) is 11.0. The quantitative estimate of drug-likeness (QED) is 0.429. The minimum absolute atomic E-state index is 0.00589. The van der Waals surface area contributed by atoms with Crippen LogP contribution in [0.1, 0.15) is 39.0 Å². The first kappa shape index (κ1) is 17.9. The molecule has 2 saturated heterocycles. The Hall–Kier alpha value is -1.44. The monoisotopic (exact) mass is 343 g/mol. The molecule has 3 amide bonds. The lowest BCUT2D eigenvalue weighted by Crippen LogP contribution is -2.36. The highest BCUT2D eigenvalue weighted by molar-refractivity contribution is 8.00. The van der Waals surface area contributed by atoms with Crippen LogP contribution in [0.5, 0.6) is 0 Å². The summed E-state index contributed by atoms with van der Waals surface area (Å²) in [5.74, 6) is 0.101. The SMILES string of the molecule is CCN(CCC(=O)O)C(=O)CCCC[C@@H]1SC[C@@H]2NC(=O)N[C@@H]21. The third-order valence-corrected chi connectivity index (χ3v) is 5.91. The zero-order valence-corrected chi connectivity index (χ0v) is 14.2. The Balaban J connectivity index is 1.63. The van der Waals surface area contributed by atoms with E-state index in [1.54, 1.807) is 4.90 Å². The molecule has 2 aliphatic rings. The van der Waals surface area contributed by atoms with E-state index in [0.717, 1.165) is 25.0 Å². The summed E-state index contributed by atoms with van der Waals surface area (Å²) in [6.45, 7) is 2.70. The van der Waals surface area contributed by atoms with Gasteiger partial charge in [0.05, 0.1) is 18.5 Å². The van der Waals surface area contributed by atoms with E-state index in [9.17, 15) is 14.4 Å². The second-order valence-electron chi connectivity index (χ2n) is 5.98. The molecule has 0 aromatic rings. The summed E-state index contributed by atoms with van der Waals surface area (Å²) in [6.07, 6.45) is 3.19. The molecule has 0 bridgehead atoms. The smallest absolute Gasteiger partial charge is 0.315 e. The Morgan fingerprint density at radius 3 is 2.78 bits per heavy atom. The fourth-order valence-electron chi connectivity index (χ4n) is 3.11. The average molecular weight is 343 g/mol. The van der Waals surface area contributed by atoms with E-state index in [1.165, 1.54) is 0 Å². The number of carbonyl (C=O) groups excluding carboxylic acids is 2. The van der Waals surface area contributed by atoms with Gasteiger partial charge in [-0.3, -0.25) is 9.59 Å². The largest absolute Gasteiger partial charge is 0.481 e. The van der Waals surface area contributed by atoms with E-state index >= 15 is 0 Å². The van der Waals surface area contributed by atoms with Gasteiger partial charge in [-0.25, -0.2) is 4.79 Å². The second kappa shape index (κ2) is 8.42. The molecule has 0 saturated carbocycles. The van der Waals surface area contributed by atoms with Crippen molar-refractivity contribution >= 4 is 29.7 Å². The number of carbonyl (C=O) groups is 3. The van der Waals surface area contributed by atoms with Crippen molar-refractivity contribution < 1.29 is 19.5 Å². The number of aliphatic carboxylic acids is 1. The molecule has 2 fully saturated rings. The molecule has 0 spiro atoms. The molecule has 23 heavy (non-hydrogen) atoms. The third-order valence-electron chi connectivity index (χ3n) is 4.40. The summed E-state index contributed by atoms with van der Waals surface area (Å²) in [5.41, 5.74) is 0. The summed E-state index contributed by atoms with van der Waals surface area (Å²) in [6, 6.07) is 0.383. The van der Waals surface area contributed by atoms with Crippen LogP contribution in [0.25, 0.3) is 0 Å². The Morgan fingerprint density at radius 2 is 2.09 bits per heavy atom. The minimum atomic E-state index is -0.878. The van der Waals surface area contributed by atoms with Crippen LogP contribution < -0.4 is 10.6 Å². The average Bonchev–Trinajstić information content (AvgIpc) is 3.03. The van der Waals surface area contributed by atoms with Gasteiger partial charge in [0, 0.05) is 30.5 Å². The number of amides is 3. The predicted octanol–water partition coefficient (Wildman–Crippen LogP) is 1.04. The van der Waals surface area contributed by atoms with Crippen molar-refractivity contribution in [2.45, 2.75) is 56.4 Å². The topological polar surface area (TPSA) is 98.7 Å². The number of rotatable bonds is 9. The molecule has 3 N–H and O–H groups in total. The first-order valence-corrected chi connectivity index (χ1v) is 9.24. The van der Waals surface area contributed by atoms with Gasteiger partial charge in [-0.15, -0.1) is 0 Å². The fourth-order valence-corrected chi connectivity index (χ4v) is 4.66. The molecule has 0 unspecified atom stereocenters. The van der Waals surface area contributed by atoms with Gasteiger partial charge >= 0.3 is 12.0 Å². The number of carboxylic acids is 1. The van der Waals surface area contributed by atoms with Gasteiger partial charge in [-0.05, 0) is 19.8 Å². The van der Waals surface area contributed by atoms with E-state index < -0.39 is 5.97 Å². The van der Waals surface area contributed by atoms with Crippen molar-refractivity contribution in [2.75, 3.05) is 18.8 Å². The number of fused-ring (bicyclic) bond motifs is 1. The first-order valence-electron chi connectivity index (χ1n) is 8.19. The standard InChI is InChI=1S/C15H25N3O4S/c1-2-18(8-7-13(20)21)12(19)6-4-3-5-11-14-10(9-23-11)16-15(22)17-14/h10-11,14H,2-9H2,1H3,(H,20,21)(H2,16,17,22)/t10-,11-,14-/m0/s1. The van der Waals surface area contributed by atoms with Crippen molar-refractivity contribution in [1.29, 1.82) is 0 Å². The van der Waals surface area contributed by atoms with Crippen molar-refractivity contribution in [3.63, 3.8) is 0 Å². The lowest BCUT2D eigenvalue weighted by atomic mass is 10.0. The highest BCUT2D eigenvalue weighted by Crippen LogP contribution is 2.33. The number of nitrogens with zero attached hydrogens (tertiary/aromatic N) is 1. The van der Waals surface area contributed by atoms with E-state index in [4.69, 9.17) is 5.11 Å². The molecule has 3 atom stereocenters. The number of hydrogen-bond acceptors (Lipinski definition) is 4. The van der Waals surface area contributed by atoms with Crippen LogP contribution >= 0.6 is 11.8 Å². The molecule has 0 radical (unpaired) electrons. The number of nitrogens with one attached hydrogen (secondary N) is 2. The normalized spacial score (nSPS) is 25.6. The van der Waals surface area contributed by atoms with Crippen LogP contribution in [0.3, 0.4) is 0 Å². The number of carboxylic acid groups (broad SMARTS) is 1. The van der Waals surface area contributed by atoms with Gasteiger partial charge in [0.15, 0.2) is 0 Å². The summed E-state index contributed by atoms with van der Waals surface area (Å²) in [4.78, 5) is 35.6. The molecule has 8 heteroatoms. The molecule has 0 aliphatic carbocycles. The zero-order valence-electron chi connectivity index (χ0n) is 13.4. The van der Waals surface area contributed by atoms with Gasteiger partial charge in [-0.1, -0.05) is 6.42 Å². The molecular formula is C15H25N3O4S. The number of urea groups is 1. The van der Waals surface area contributed by atoms with Crippen LogP contribution in [0.15, 0.2) is 0 Å². The molecular weight excluding hydrogens is 318 g/mol. The van der Waals surface area contributed by atoms with Crippen LogP contribution in [0.2, 0.25) is 0 Å². The van der Waals surface area contributed by atoms with Gasteiger partial charge in [0.1, 0.15) is 0 Å². The van der Waals surface area contributed by atoms with Crippen LogP contribution in [0, 0.1) is 0 Å². The Kier molecular flexibility index (Phi) is 6.56. The molecule has 130 valence electrons. The predicted molar refractivity (Wildman–Crippen MR) is 88.5 cm³/mol. The van der Waals surface area contributed by atoms with Gasteiger partial charge in [0.25, 0.3) is 0 Å². The highest BCUT2D eigenvalue weighted by Gasteiger charge is 2.42. The molecule has 0 aromatic carbocycles. The van der Waals surface area contributed by atoms with E-state index in [0.29, 0.717) is 18.2 Å². The summed E-state index contributed by atoms with van der Waals surface area (Å²) in [5, 5.41) is 15.0.